The van der Waals surface area contributed by atoms with Gasteiger partial charge in [0, 0.05) is 0 Å². The van der Waals surface area contributed by atoms with Crippen LogP contribution in [0, 0.1) is 5.92 Å². The third kappa shape index (κ3) is 5.07. The number of carbonyl (C=O) groups is 1. The number of amides is 1. The molecule has 0 aromatic rings. The van der Waals surface area contributed by atoms with Crippen LogP contribution in [0.1, 0.15) is 20.3 Å². The van der Waals surface area contributed by atoms with Crippen LogP contribution in [0.4, 0.5) is 0 Å². The standard InChI is InChI=1S/C7H13NO/c1-3-6(2)4-5-7(8)9/h4-6H,3H2,1-2H3,(H2,8,9). The maximum absolute atomic E-state index is 10.2. The van der Waals surface area contributed by atoms with Crippen LogP contribution in [0.15, 0.2) is 12.2 Å². The van der Waals surface area contributed by atoms with Crippen LogP contribution in [0.2, 0.25) is 0 Å². The first-order valence-corrected chi connectivity index (χ1v) is 3.14. The minimum atomic E-state index is -0.365. The summed E-state index contributed by atoms with van der Waals surface area (Å²) in [5, 5.41) is 0. The molecule has 2 N–H and O–H groups in total. The molecule has 0 aromatic carbocycles. The quantitative estimate of drug-likeness (QED) is 0.566. The van der Waals surface area contributed by atoms with Gasteiger partial charge in [0.05, 0.1) is 0 Å². The molecule has 0 saturated heterocycles. The average molecular weight is 127 g/mol. The minimum absolute atomic E-state index is 0.365. The molecular weight excluding hydrogens is 114 g/mol. The SMILES string of the molecule is CCC(C)C=CC(N)=O. The van der Waals surface area contributed by atoms with Gasteiger partial charge in [0.15, 0.2) is 0 Å². The van der Waals surface area contributed by atoms with Gasteiger partial charge in [-0.15, -0.1) is 0 Å². The van der Waals surface area contributed by atoms with Crippen molar-refractivity contribution in [2.75, 3.05) is 0 Å². The van der Waals surface area contributed by atoms with Crippen molar-refractivity contribution in [1.82, 2.24) is 0 Å². The van der Waals surface area contributed by atoms with E-state index in [4.69, 9.17) is 5.73 Å². The molecule has 1 atom stereocenters. The van der Waals surface area contributed by atoms with E-state index < -0.39 is 0 Å². The summed E-state index contributed by atoms with van der Waals surface area (Å²) in [6, 6.07) is 0. The van der Waals surface area contributed by atoms with Crippen molar-refractivity contribution >= 4 is 5.91 Å². The molecular formula is C7H13NO. The second-order valence-electron chi connectivity index (χ2n) is 2.15. The normalized spacial score (nSPS) is 14.0. The fraction of sp³-hybridized carbons (Fsp3) is 0.571. The van der Waals surface area contributed by atoms with Crippen molar-refractivity contribution in [1.29, 1.82) is 0 Å². The van der Waals surface area contributed by atoms with E-state index in [1.165, 1.54) is 6.08 Å². The second kappa shape index (κ2) is 4.13. The molecule has 0 aliphatic carbocycles. The van der Waals surface area contributed by atoms with Crippen molar-refractivity contribution < 1.29 is 4.79 Å². The molecule has 9 heavy (non-hydrogen) atoms. The minimum Gasteiger partial charge on any atom is -0.366 e. The third-order valence-electron chi connectivity index (χ3n) is 1.23. The predicted molar refractivity (Wildman–Crippen MR) is 37.8 cm³/mol. The summed E-state index contributed by atoms with van der Waals surface area (Å²) in [5.74, 6) is 0.0906. The van der Waals surface area contributed by atoms with Gasteiger partial charge in [0.25, 0.3) is 0 Å². The van der Waals surface area contributed by atoms with Crippen LogP contribution in [0.5, 0.6) is 0 Å². The van der Waals surface area contributed by atoms with Gasteiger partial charge in [-0.3, -0.25) is 4.79 Å². The molecule has 2 nitrogen and oxygen atoms in total. The van der Waals surface area contributed by atoms with Crippen LogP contribution >= 0.6 is 0 Å². The maximum atomic E-state index is 10.2. The van der Waals surface area contributed by atoms with Crippen LogP contribution in [-0.4, -0.2) is 5.91 Å². The molecule has 0 saturated carbocycles. The zero-order valence-corrected chi connectivity index (χ0v) is 5.92. The summed E-state index contributed by atoms with van der Waals surface area (Å²) in [5.41, 5.74) is 4.87. The Bertz CT molecular complexity index is 118. The number of nitrogens with two attached hydrogens (primary N) is 1. The first-order valence-electron chi connectivity index (χ1n) is 3.14. The monoisotopic (exact) mass is 127 g/mol. The molecule has 0 radical (unpaired) electrons. The number of allylic oxidation sites excluding steroid dienone is 1. The largest absolute Gasteiger partial charge is 0.366 e. The van der Waals surface area contributed by atoms with Crippen LogP contribution < -0.4 is 5.73 Å². The summed E-state index contributed by atoms with van der Waals surface area (Å²) < 4.78 is 0. The van der Waals surface area contributed by atoms with Gasteiger partial charge in [-0.2, -0.15) is 0 Å². The molecule has 1 unspecified atom stereocenters. The Balaban J connectivity index is 3.56. The Morgan fingerprint density at radius 2 is 2.33 bits per heavy atom. The molecule has 0 aliphatic rings. The van der Waals surface area contributed by atoms with E-state index in [0.29, 0.717) is 5.92 Å². The highest BCUT2D eigenvalue weighted by molar-refractivity contribution is 5.85. The zero-order valence-electron chi connectivity index (χ0n) is 5.92. The highest BCUT2D eigenvalue weighted by Gasteiger charge is 1.90. The molecule has 0 spiro atoms. The lowest BCUT2D eigenvalue weighted by molar-refractivity contribution is -0.113. The Kier molecular flexibility index (Phi) is 3.76. The molecule has 1 amide bonds. The number of hydrogen-bond donors (Lipinski definition) is 1. The lowest BCUT2D eigenvalue weighted by atomic mass is 10.1. The Morgan fingerprint density at radius 1 is 1.78 bits per heavy atom. The summed E-state index contributed by atoms with van der Waals surface area (Å²) in [4.78, 5) is 10.2. The van der Waals surface area contributed by atoms with E-state index in [1.54, 1.807) is 0 Å². The average Bonchev–Trinajstić information content (AvgIpc) is 1.83. The van der Waals surface area contributed by atoms with Crippen molar-refractivity contribution in [3.05, 3.63) is 12.2 Å². The molecule has 0 aromatic heterocycles. The van der Waals surface area contributed by atoms with Crippen molar-refractivity contribution in [2.45, 2.75) is 20.3 Å². The molecule has 0 heterocycles. The van der Waals surface area contributed by atoms with Gasteiger partial charge in [-0.25, -0.2) is 0 Å². The molecule has 0 aliphatic heterocycles. The summed E-state index contributed by atoms with van der Waals surface area (Å²) in [6.45, 7) is 4.11. The smallest absolute Gasteiger partial charge is 0.241 e. The third-order valence-corrected chi connectivity index (χ3v) is 1.23. The molecule has 0 rings (SSSR count). The van der Waals surface area contributed by atoms with Gasteiger partial charge in [-0.1, -0.05) is 26.3 Å². The van der Waals surface area contributed by atoms with E-state index in [9.17, 15) is 4.79 Å². The Labute approximate surface area is 55.7 Å². The fourth-order valence-corrected chi connectivity index (χ4v) is 0.395. The highest BCUT2D eigenvalue weighted by Crippen LogP contribution is 2.00. The van der Waals surface area contributed by atoms with Crippen LogP contribution in [0.3, 0.4) is 0 Å². The lowest BCUT2D eigenvalue weighted by Crippen LogP contribution is -2.06. The topological polar surface area (TPSA) is 43.1 Å². The van der Waals surface area contributed by atoms with Crippen LogP contribution in [0.25, 0.3) is 0 Å². The van der Waals surface area contributed by atoms with Gasteiger partial charge >= 0.3 is 0 Å². The molecule has 0 fully saturated rings. The number of rotatable bonds is 3. The molecule has 0 bridgehead atoms. The van der Waals surface area contributed by atoms with Gasteiger partial charge in [-0.05, 0) is 12.0 Å². The van der Waals surface area contributed by atoms with E-state index in [0.717, 1.165) is 6.42 Å². The molecule has 2 heteroatoms. The van der Waals surface area contributed by atoms with E-state index >= 15 is 0 Å². The van der Waals surface area contributed by atoms with Gasteiger partial charge < -0.3 is 5.73 Å². The van der Waals surface area contributed by atoms with Gasteiger partial charge in [0.1, 0.15) is 0 Å². The Hall–Kier alpha value is -0.790. The highest BCUT2D eigenvalue weighted by atomic mass is 16.1. The summed E-state index contributed by atoms with van der Waals surface area (Å²) in [6.07, 6.45) is 4.28. The van der Waals surface area contributed by atoms with Crippen molar-refractivity contribution in [2.24, 2.45) is 11.7 Å². The fourth-order valence-electron chi connectivity index (χ4n) is 0.395. The summed E-state index contributed by atoms with van der Waals surface area (Å²) in [7, 11) is 0. The number of carbonyl (C=O) groups excluding carboxylic acids is 1. The van der Waals surface area contributed by atoms with E-state index in [1.807, 2.05) is 13.0 Å². The maximum Gasteiger partial charge on any atom is 0.241 e. The van der Waals surface area contributed by atoms with Gasteiger partial charge in [0.2, 0.25) is 5.91 Å². The zero-order chi connectivity index (χ0) is 7.28. The van der Waals surface area contributed by atoms with Crippen molar-refractivity contribution in [3.63, 3.8) is 0 Å². The first kappa shape index (κ1) is 8.21. The second-order valence-corrected chi connectivity index (χ2v) is 2.15. The predicted octanol–water partition coefficient (Wildman–Crippen LogP) is 1.07. The Morgan fingerprint density at radius 3 is 2.67 bits per heavy atom. The van der Waals surface area contributed by atoms with Crippen LogP contribution in [-0.2, 0) is 4.79 Å². The number of hydrogen-bond acceptors (Lipinski definition) is 1. The number of primary amides is 1. The molecule has 52 valence electrons. The van der Waals surface area contributed by atoms with E-state index in [2.05, 4.69) is 6.92 Å². The first-order chi connectivity index (χ1) is 4.16. The van der Waals surface area contributed by atoms with E-state index in [-0.39, 0.29) is 5.91 Å². The lowest BCUT2D eigenvalue weighted by Gasteiger charge is -1.96. The van der Waals surface area contributed by atoms with Crippen molar-refractivity contribution in [3.8, 4) is 0 Å². The summed E-state index contributed by atoms with van der Waals surface area (Å²) >= 11 is 0.